The molecule has 0 bridgehead atoms. The first-order chi connectivity index (χ1) is 17.9. The maximum atomic E-state index is 13.3. The van der Waals surface area contributed by atoms with Crippen molar-refractivity contribution in [2.75, 3.05) is 30.3 Å². The number of nitro benzene ring substituents is 2. The van der Waals surface area contributed by atoms with E-state index >= 15 is 0 Å². The van der Waals surface area contributed by atoms with Gasteiger partial charge in [-0.2, -0.15) is 20.2 Å². The normalized spacial score (nSPS) is 16.1. The van der Waals surface area contributed by atoms with Crippen LogP contribution in [-0.2, 0) is 19.7 Å². The Bertz CT molecular complexity index is 1320. The lowest BCUT2D eigenvalue weighted by Crippen LogP contribution is -2.41. The number of hydrogen-bond donors (Lipinski definition) is 1. The van der Waals surface area contributed by atoms with Gasteiger partial charge in [-0.1, -0.05) is 0 Å². The molecule has 1 aliphatic heterocycles. The average Bonchev–Trinajstić information content (AvgIpc) is 2.86. The molecule has 14 heteroatoms. The van der Waals surface area contributed by atoms with E-state index in [1.165, 1.54) is 65.2 Å². The van der Waals surface area contributed by atoms with E-state index in [2.05, 4.69) is 0 Å². The largest absolute Gasteiger partial charge is 0.334 e. The van der Waals surface area contributed by atoms with Gasteiger partial charge in [0.2, 0.25) is 5.91 Å². The monoisotopic (exact) mass is 561 g/mol. The lowest BCUT2D eigenvalue weighted by atomic mass is 9.94. The molecule has 1 aliphatic rings. The summed E-state index contributed by atoms with van der Waals surface area (Å²) >= 11 is 1.19. The predicted octanol–water partition coefficient (Wildman–Crippen LogP) is 3.39. The van der Waals surface area contributed by atoms with Gasteiger partial charge in [-0.05, 0) is 47.5 Å². The summed E-state index contributed by atoms with van der Waals surface area (Å²) in [7, 11) is -4.08. The number of non-ortho nitro benzene ring substituents is 2. The summed E-state index contributed by atoms with van der Waals surface area (Å²) in [6.07, 6.45) is 3.17. The Kier molecular flexibility index (Phi) is 9.50. The molecule has 1 amide bonds. The second kappa shape index (κ2) is 12.6. The molecule has 2 aromatic rings. The Morgan fingerprint density at radius 2 is 1.34 bits per heavy atom. The molecular weight excluding hydrogens is 538 g/mol. The molecule has 0 saturated carbocycles. The van der Waals surface area contributed by atoms with Crippen LogP contribution in [0.1, 0.15) is 17.5 Å². The summed E-state index contributed by atoms with van der Waals surface area (Å²) in [5.41, 5.74) is 1.41. The lowest BCUT2D eigenvalue weighted by Gasteiger charge is -2.30. The summed E-state index contributed by atoms with van der Waals surface area (Å²) in [4.78, 5) is 48.4. The summed E-state index contributed by atoms with van der Waals surface area (Å²) < 4.78 is 30.5. The van der Waals surface area contributed by atoms with Gasteiger partial charge in [0.25, 0.3) is 21.5 Å². The smallest absolute Gasteiger partial charge is 0.269 e. The van der Waals surface area contributed by atoms with Crippen molar-refractivity contribution in [2.45, 2.75) is 6.42 Å². The summed E-state index contributed by atoms with van der Waals surface area (Å²) in [5, 5.41) is 21.9. The molecule has 0 spiro atoms. The number of carbonyl (C=O) groups is 2. The maximum absolute atomic E-state index is 13.3. The van der Waals surface area contributed by atoms with Gasteiger partial charge in [0, 0.05) is 66.4 Å². The number of piperidine rings is 1. The van der Waals surface area contributed by atoms with E-state index in [-0.39, 0.29) is 59.5 Å². The molecule has 0 atom stereocenters. The number of amides is 1. The highest BCUT2D eigenvalue weighted by Gasteiger charge is 2.29. The second-order valence-electron chi connectivity index (χ2n) is 8.26. The van der Waals surface area contributed by atoms with E-state index in [1.54, 1.807) is 12.2 Å². The number of carbonyl (C=O) groups excluding carboxylic acids is 2. The van der Waals surface area contributed by atoms with Gasteiger partial charge in [-0.15, -0.1) is 0 Å². The standard InChI is InChI=1S/C24H23N3O9S2/c28-23(9-10-37-11-12-38(34,35)36)25-15-19(13-17-1-5-21(6-2-17)26(30)31)24(29)20(16-25)14-18-3-7-22(8-4-18)27(32)33/h1-8,13-14H,9-12,15-16H2,(H,34,35,36)/b19-13+,20-14+. The highest BCUT2D eigenvalue weighted by atomic mass is 32.2. The van der Waals surface area contributed by atoms with Crippen molar-refractivity contribution in [3.8, 4) is 0 Å². The minimum absolute atomic E-state index is 0.00193. The van der Waals surface area contributed by atoms with Crippen LogP contribution in [0, 0.1) is 20.2 Å². The van der Waals surface area contributed by atoms with Gasteiger partial charge in [0.15, 0.2) is 5.78 Å². The number of Topliss-reactive ketones (excluding diaryl/α,β-unsaturated/α-hetero) is 1. The topological polar surface area (TPSA) is 178 Å². The van der Waals surface area contributed by atoms with Gasteiger partial charge < -0.3 is 4.90 Å². The molecule has 1 heterocycles. The summed E-state index contributed by atoms with van der Waals surface area (Å²) in [6.45, 7) is 0.00385. The van der Waals surface area contributed by atoms with Crippen LogP contribution in [-0.4, -0.2) is 69.8 Å². The molecule has 2 aromatic carbocycles. The molecule has 1 fully saturated rings. The van der Waals surface area contributed by atoms with Crippen LogP contribution in [0.5, 0.6) is 0 Å². The number of thioether (sulfide) groups is 1. The molecule has 0 aliphatic carbocycles. The second-order valence-corrected chi connectivity index (χ2v) is 11.1. The molecule has 0 radical (unpaired) electrons. The minimum atomic E-state index is -4.08. The molecule has 200 valence electrons. The minimum Gasteiger partial charge on any atom is -0.334 e. The van der Waals surface area contributed by atoms with Crippen LogP contribution in [0.4, 0.5) is 11.4 Å². The Hall–Kier alpha value is -3.88. The third kappa shape index (κ3) is 8.33. The molecule has 3 rings (SSSR count). The Morgan fingerprint density at radius 1 is 0.895 bits per heavy atom. The highest BCUT2D eigenvalue weighted by Crippen LogP contribution is 2.24. The predicted molar refractivity (Wildman–Crippen MR) is 142 cm³/mol. The van der Waals surface area contributed by atoms with Gasteiger partial charge in [-0.3, -0.25) is 34.4 Å². The van der Waals surface area contributed by atoms with Crippen molar-refractivity contribution in [1.82, 2.24) is 4.90 Å². The van der Waals surface area contributed by atoms with Crippen molar-refractivity contribution in [2.24, 2.45) is 0 Å². The Balaban J connectivity index is 1.83. The van der Waals surface area contributed by atoms with Gasteiger partial charge in [0.1, 0.15) is 0 Å². The third-order valence-corrected chi connectivity index (χ3v) is 7.46. The van der Waals surface area contributed by atoms with Crippen molar-refractivity contribution in [1.29, 1.82) is 0 Å². The average molecular weight is 562 g/mol. The summed E-state index contributed by atoms with van der Waals surface area (Å²) in [5.74, 6) is -0.591. The first kappa shape index (κ1) is 28.7. The first-order valence-corrected chi connectivity index (χ1v) is 13.9. The van der Waals surface area contributed by atoms with Crippen molar-refractivity contribution < 1.29 is 32.4 Å². The first-order valence-electron chi connectivity index (χ1n) is 11.2. The van der Waals surface area contributed by atoms with Gasteiger partial charge in [0.05, 0.1) is 15.6 Å². The van der Waals surface area contributed by atoms with E-state index in [0.717, 1.165) is 0 Å². The molecule has 38 heavy (non-hydrogen) atoms. The van der Waals surface area contributed by atoms with Crippen LogP contribution >= 0.6 is 11.8 Å². The fraction of sp³-hybridized carbons (Fsp3) is 0.250. The van der Waals surface area contributed by atoms with Crippen LogP contribution in [0.15, 0.2) is 59.7 Å². The number of hydrogen-bond acceptors (Lipinski definition) is 9. The zero-order chi connectivity index (χ0) is 27.9. The van der Waals surface area contributed by atoms with Gasteiger partial charge >= 0.3 is 0 Å². The number of likely N-dealkylation sites (tertiary alicyclic amines) is 1. The molecule has 0 aromatic heterocycles. The van der Waals surface area contributed by atoms with Crippen molar-refractivity contribution in [3.05, 3.63) is 91.0 Å². The fourth-order valence-electron chi connectivity index (χ4n) is 3.59. The zero-order valence-corrected chi connectivity index (χ0v) is 21.5. The van der Waals surface area contributed by atoms with Crippen LogP contribution in [0.2, 0.25) is 0 Å². The number of nitrogens with zero attached hydrogens (tertiary/aromatic N) is 3. The van der Waals surface area contributed by atoms with E-state index in [9.17, 15) is 38.2 Å². The van der Waals surface area contributed by atoms with E-state index < -0.39 is 25.7 Å². The number of ketones is 1. The van der Waals surface area contributed by atoms with Crippen molar-refractivity contribution >= 4 is 57.1 Å². The SMILES string of the molecule is O=C1/C(=C/c2ccc([N+](=O)[O-])cc2)CN(C(=O)CCSCCS(=O)(=O)O)C/C1=C\c1ccc([N+](=O)[O-])cc1. The van der Waals surface area contributed by atoms with E-state index in [1.807, 2.05) is 0 Å². The van der Waals surface area contributed by atoms with Crippen molar-refractivity contribution in [3.63, 3.8) is 0 Å². The quantitative estimate of drug-likeness (QED) is 0.149. The fourth-order valence-corrected chi connectivity index (χ4v) is 5.42. The molecule has 1 N–H and O–H groups in total. The molecular formula is C24H23N3O9S2. The van der Waals surface area contributed by atoms with Crippen LogP contribution < -0.4 is 0 Å². The summed E-state index contributed by atoms with van der Waals surface area (Å²) in [6, 6.07) is 11.2. The van der Waals surface area contributed by atoms with Crippen LogP contribution in [0.25, 0.3) is 12.2 Å². The third-order valence-electron chi connectivity index (χ3n) is 5.49. The number of rotatable bonds is 10. The van der Waals surface area contributed by atoms with Gasteiger partial charge in [-0.25, -0.2) is 0 Å². The highest BCUT2D eigenvalue weighted by molar-refractivity contribution is 8.00. The lowest BCUT2D eigenvalue weighted by molar-refractivity contribution is -0.385. The molecule has 1 saturated heterocycles. The maximum Gasteiger partial charge on any atom is 0.269 e. The Morgan fingerprint density at radius 3 is 1.74 bits per heavy atom. The van der Waals surface area contributed by atoms with Crippen LogP contribution in [0.3, 0.4) is 0 Å². The number of benzene rings is 2. The molecule has 0 unspecified atom stereocenters. The molecule has 12 nitrogen and oxygen atoms in total. The number of nitro groups is 2. The zero-order valence-electron chi connectivity index (χ0n) is 19.9. The Labute approximate surface area is 222 Å². The van der Waals surface area contributed by atoms with E-state index in [0.29, 0.717) is 16.9 Å². The van der Waals surface area contributed by atoms with E-state index in [4.69, 9.17) is 4.55 Å².